The van der Waals surface area contributed by atoms with Crippen molar-refractivity contribution in [1.29, 1.82) is 0 Å². The number of amides is 2. The molecule has 0 atom stereocenters. The highest BCUT2D eigenvalue weighted by atomic mass is 16.5. The number of nitrogens with one attached hydrogen (secondary N) is 2. The molecule has 2 aromatic carbocycles. The van der Waals surface area contributed by atoms with Gasteiger partial charge in [0.15, 0.2) is 0 Å². The van der Waals surface area contributed by atoms with Gasteiger partial charge in [-0.25, -0.2) is 4.79 Å². The van der Waals surface area contributed by atoms with Gasteiger partial charge in [-0.05, 0) is 61.9 Å². The summed E-state index contributed by atoms with van der Waals surface area (Å²) in [6.45, 7) is 4.01. The largest absolute Gasteiger partial charge is 0.450 e. The Labute approximate surface area is 151 Å². The van der Waals surface area contributed by atoms with Gasteiger partial charge in [-0.1, -0.05) is 6.07 Å². The summed E-state index contributed by atoms with van der Waals surface area (Å²) in [5.74, 6) is -0.235. The molecule has 0 spiro atoms. The van der Waals surface area contributed by atoms with Crippen molar-refractivity contribution in [3.63, 3.8) is 0 Å². The zero-order valence-electron chi connectivity index (χ0n) is 14.6. The number of rotatable bonds is 4. The van der Waals surface area contributed by atoms with Crippen molar-refractivity contribution >= 4 is 34.3 Å². The van der Waals surface area contributed by atoms with Crippen LogP contribution in [0.4, 0.5) is 16.2 Å². The van der Waals surface area contributed by atoms with Crippen LogP contribution in [0.5, 0.6) is 0 Å². The number of hydrogen-bond acceptors (Lipinski definition) is 4. The first-order chi connectivity index (χ1) is 12.6. The predicted molar refractivity (Wildman–Crippen MR) is 102 cm³/mol. The SMILES string of the molecule is CCOC(=O)Nc1ccc(C(=O)Nc2ccc(C)c3ncccc23)cc1. The highest BCUT2D eigenvalue weighted by Crippen LogP contribution is 2.25. The molecule has 6 nitrogen and oxygen atoms in total. The number of hydrogen-bond donors (Lipinski definition) is 2. The van der Waals surface area contributed by atoms with Gasteiger partial charge in [-0.2, -0.15) is 0 Å². The molecule has 0 aliphatic carbocycles. The van der Waals surface area contributed by atoms with E-state index < -0.39 is 6.09 Å². The standard InChI is InChI=1S/C20H19N3O3/c1-3-26-20(25)22-15-9-7-14(8-10-15)19(24)23-17-11-6-13(2)18-16(17)5-4-12-21-18/h4-12H,3H2,1-2H3,(H,22,25)(H,23,24). The zero-order chi connectivity index (χ0) is 18.5. The van der Waals surface area contributed by atoms with Crippen LogP contribution in [0.1, 0.15) is 22.8 Å². The second-order valence-corrected chi connectivity index (χ2v) is 5.71. The molecule has 1 aromatic heterocycles. The summed E-state index contributed by atoms with van der Waals surface area (Å²) >= 11 is 0. The van der Waals surface area contributed by atoms with E-state index in [1.165, 1.54) is 0 Å². The number of fused-ring (bicyclic) bond motifs is 1. The van der Waals surface area contributed by atoms with Gasteiger partial charge < -0.3 is 10.1 Å². The van der Waals surface area contributed by atoms with E-state index in [2.05, 4.69) is 15.6 Å². The summed E-state index contributed by atoms with van der Waals surface area (Å²) in [6, 6.07) is 14.2. The van der Waals surface area contributed by atoms with Gasteiger partial charge >= 0.3 is 6.09 Å². The molecule has 3 rings (SSSR count). The Morgan fingerprint density at radius 2 is 1.81 bits per heavy atom. The minimum Gasteiger partial charge on any atom is -0.450 e. The van der Waals surface area contributed by atoms with Crippen LogP contribution in [0, 0.1) is 6.92 Å². The van der Waals surface area contributed by atoms with Gasteiger partial charge in [0.05, 0.1) is 17.8 Å². The van der Waals surface area contributed by atoms with Crippen molar-refractivity contribution in [2.75, 3.05) is 17.2 Å². The van der Waals surface area contributed by atoms with Crippen molar-refractivity contribution in [2.45, 2.75) is 13.8 Å². The molecule has 3 aromatic rings. The fraction of sp³-hybridized carbons (Fsp3) is 0.150. The molecule has 0 radical (unpaired) electrons. The molecule has 0 unspecified atom stereocenters. The monoisotopic (exact) mass is 349 g/mol. The lowest BCUT2D eigenvalue weighted by Crippen LogP contribution is -2.14. The molecule has 0 saturated heterocycles. The quantitative estimate of drug-likeness (QED) is 0.733. The average molecular weight is 349 g/mol. The Hall–Kier alpha value is -3.41. The average Bonchev–Trinajstić information content (AvgIpc) is 2.65. The van der Waals surface area contributed by atoms with E-state index in [0.29, 0.717) is 23.5 Å². The van der Waals surface area contributed by atoms with Gasteiger partial charge in [-0.15, -0.1) is 0 Å². The zero-order valence-corrected chi connectivity index (χ0v) is 14.6. The molecule has 2 amide bonds. The fourth-order valence-corrected chi connectivity index (χ4v) is 2.61. The second kappa shape index (κ2) is 7.65. The molecule has 0 aliphatic heterocycles. The number of benzene rings is 2. The minimum atomic E-state index is -0.525. The van der Waals surface area contributed by atoms with Gasteiger partial charge in [0.2, 0.25) is 0 Å². The highest BCUT2D eigenvalue weighted by Gasteiger charge is 2.10. The maximum absolute atomic E-state index is 12.5. The number of nitrogens with zero attached hydrogens (tertiary/aromatic N) is 1. The third-order valence-electron chi connectivity index (χ3n) is 3.89. The molecule has 0 aliphatic rings. The maximum atomic E-state index is 12.5. The van der Waals surface area contributed by atoms with Crippen LogP contribution < -0.4 is 10.6 Å². The molecule has 26 heavy (non-hydrogen) atoms. The number of pyridine rings is 1. The number of ether oxygens (including phenoxy) is 1. The molecule has 1 heterocycles. The number of aromatic nitrogens is 1. The number of carbonyl (C=O) groups excluding carboxylic acids is 2. The Bertz CT molecular complexity index is 952. The summed E-state index contributed by atoms with van der Waals surface area (Å²) in [6.07, 6.45) is 1.21. The van der Waals surface area contributed by atoms with Crippen molar-refractivity contribution in [3.8, 4) is 0 Å². The van der Waals surface area contributed by atoms with E-state index in [1.807, 2.05) is 31.2 Å². The van der Waals surface area contributed by atoms with E-state index >= 15 is 0 Å². The normalized spacial score (nSPS) is 10.4. The van der Waals surface area contributed by atoms with E-state index in [1.54, 1.807) is 37.4 Å². The molecule has 6 heteroatoms. The number of aryl methyl sites for hydroxylation is 1. The van der Waals surface area contributed by atoms with Crippen LogP contribution >= 0.6 is 0 Å². The first kappa shape index (κ1) is 17.4. The summed E-state index contributed by atoms with van der Waals surface area (Å²) in [7, 11) is 0. The highest BCUT2D eigenvalue weighted by molar-refractivity contribution is 6.09. The Kier molecular flexibility index (Phi) is 5.12. The van der Waals surface area contributed by atoms with Crippen molar-refractivity contribution in [3.05, 3.63) is 65.9 Å². The molecule has 2 N–H and O–H groups in total. The van der Waals surface area contributed by atoms with Crippen molar-refractivity contribution in [1.82, 2.24) is 4.98 Å². The topological polar surface area (TPSA) is 80.3 Å². The third-order valence-corrected chi connectivity index (χ3v) is 3.89. The second-order valence-electron chi connectivity index (χ2n) is 5.71. The summed E-state index contributed by atoms with van der Waals surface area (Å²) in [5.41, 5.74) is 3.66. The Morgan fingerprint density at radius 1 is 1.04 bits per heavy atom. The van der Waals surface area contributed by atoms with Gasteiger partial charge in [0.1, 0.15) is 0 Å². The molecule has 0 saturated carbocycles. The van der Waals surface area contributed by atoms with E-state index in [4.69, 9.17) is 4.74 Å². The smallest absolute Gasteiger partial charge is 0.411 e. The van der Waals surface area contributed by atoms with Crippen molar-refractivity contribution < 1.29 is 14.3 Å². The summed E-state index contributed by atoms with van der Waals surface area (Å²) in [5, 5.41) is 6.40. The van der Waals surface area contributed by atoms with Crippen LogP contribution in [0.25, 0.3) is 10.9 Å². The fourth-order valence-electron chi connectivity index (χ4n) is 2.61. The van der Waals surface area contributed by atoms with Crippen LogP contribution in [0.3, 0.4) is 0 Å². The van der Waals surface area contributed by atoms with E-state index in [9.17, 15) is 9.59 Å². The predicted octanol–water partition coefficient (Wildman–Crippen LogP) is 4.36. The molecular weight excluding hydrogens is 330 g/mol. The Morgan fingerprint density at radius 3 is 2.54 bits per heavy atom. The molecule has 0 fully saturated rings. The summed E-state index contributed by atoms with van der Waals surface area (Å²) in [4.78, 5) is 28.3. The first-order valence-corrected chi connectivity index (χ1v) is 8.28. The number of anilines is 2. The first-order valence-electron chi connectivity index (χ1n) is 8.28. The van der Waals surface area contributed by atoms with E-state index in [-0.39, 0.29) is 5.91 Å². The van der Waals surface area contributed by atoms with Gasteiger partial charge in [0.25, 0.3) is 5.91 Å². The molecule has 132 valence electrons. The minimum absolute atomic E-state index is 0.235. The van der Waals surface area contributed by atoms with Crippen LogP contribution in [0.15, 0.2) is 54.7 Å². The lowest BCUT2D eigenvalue weighted by Gasteiger charge is -2.10. The van der Waals surface area contributed by atoms with Crippen molar-refractivity contribution in [2.24, 2.45) is 0 Å². The summed E-state index contributed by atoms with van der Waals surface area (Å²) < 4.78 is 4.82. The van der Waals surface area contributed by atoms with Crippen LogP contribution in [0.2, 0.25) is 0 Å². The lowest BCUT2D eigenvalue weighted by molar-refractivity contribution is 0.102. The lowest BCUT2D eigenvalue weighted by atomic mass is 10.1. The van der Waals surface area contributed by atoms with Gasteiger partial charge in [-0.3, -0.25) is 15.1 Å². The van der Waals surface area contributed by atoms with E-state index in [0.717, 1.165) is 16.5 Å². The third kappa shape index (κ3) is 3.80. The Balaban J connectivity index is 1.77. The number of carbonyl (C=O) groups is 2. The van der Waals surface area contributed by atoms with Crippen LogP contribution in [-0.2, 0) is 4.74 Å². The molecular formula is C20H19N3O3. The maximum Gasteiger partial charge on any atom is 0.411 e. The van der Waals surface area contributed by atoms with Crippen LogP contribution in [-0.4, -0.2) is 23.6 Å². The molecule has 0 bridgehead atoms. The van der Waals surface area contributed by atoms with Gasteiger partial charge in [0, 0.05) is 22.8 Å².